The number of nitriles is 2. The van der Waals surface area contributed by atoms with E-state index >= 15 is 0 Å². The Hall–Kier alpha value is -4.60. The van der Waals surface area contributed by atoms with Crippen LogP contribution in [0, 0.1) is 39.4 Å². The molecule has 0 aliphatic heterocycles. The van der Waals surface area contributed by atoms with E-state index in [-0.39, 0.29) is 17.9 Å². The van der Waals surface area contributed by atoms with E-state index in [4.69, 9.17) is 21.3 Å². The summed E-state index contributed by atoms with van der Waals surface area (Å²) in [6.45, 7) is 8.60. The van der Waals surface area contributed by atoms with Crippen LogP contribution in [-0.4, -0.2) is 31.3 Å². The fourth-order valence-corrected chi connectivity index (χ4v) is 3.91. The second kappa shape index (κ2) is 18.7. The molecule has 2 rings (SSSR count). The quantitative estimate of drug-likeness (QED) is 0.0973. The SMILES string of the molecule is CC(C)F.C\C=C(/C=C(\C=C(/C)C#N)CC(C)CNC(c1ccc(C#N)cc1)c1cccc(C(=N)OC(=N)N)c1)CF. The Morgan fingerprint density at radius 1 is 1.05 bits per heavy atom. The molecule has 5 N–H and O–H groups in total. The van der Waals surface area contributed by atoms with Gasteiger partial charge in [0.1, 0.15) is 6.67 Å². The molecule has 0 saturated carbocycles. The van der Waals surface area contributed by atoms with Gasteiger partial charge < -0.3 is 15.8 Å². The number of allylic oxidation sites excluding steroid dienone is 6. The summed E-state index contributed by atoms with van der Waals surface area (Å²) < 4.78 is 29.3. The standard InChI is InChI=1S/C30H33FN6O.C3H7F/c1-4-22(16-31)14-24(12-20(2)17-32)13-21(3)19-37-28(25-10-8-23(18-33)9-11-25)26-6-5-7-27(15-26)29(34)38-30(35)36;1-3(2)4/h4-12,14-15,21,28,34,37H,13,16,19H2,1-3H3,(H3,35,36);3H,1-2H3/b20-12+,22-4+,24-14+,34-29?;. The zero-order chi connectivity index (χ0) is 31.7. The van der Waals surface area contributed by atoms with Crippen molar-refractivity contribution in [1.82, 2.24) is 5.32 Å². The van der Waals surface area contributed by atoms with Crippen molar-refractivity contribution in [2.45, 2.75) is 53.3 Å². The van der Waals surface area contributed by atoms with Crippen LogP contribution in [0.4, 0.5) is 8.78 Å². The summed E-state index contributed by atoms with van der Waals surface area (Å²) in [6, 6.07) is 17.9. The molecule has 0 bridgehead atoms. The van der Waals surface area contributed by atoms with Crippen molar-refractivity contribution >= 4 is 11.9 Å². The summed E-state index contributed by atoms with van der Waals surface area (Å²) in [5.41, 5.74) is 10.1. The molecule has 0 spiro atoms. The molecule has 2 aromatic carbocycles. The molecule has 2 unspecified atom stereocenters. The Labute approximate surface area is 248 Å². The Bertz CT molecular complexity index is 1360. The number of hydrogen-bond acceptors (Lipinski definition) is 6. The molecule has 0 heterocycles. The van der Waals surface area contributed by atoms with Gasteiger partial charge in [-0.2, -0.15) is 10.5 Å². The number of nitrogens with one attached hydrogen (secondary N) is 3. The number of rotatable bonds is 11. The number of alkyl halides is 2. The van der Waals surface area contributed by atoms with Crippen LogP contribution in [-0.2, 0) is 4.74 Å². The van der Waals surface area contributed by atoms with Gasteiger partial charge in [-0.15, -0.1) is 0 Å². The molecule has 0 radical (unpaired) electrons. The summed E-state index contributed by atoms with van der Waals surface area (Å²) >= 11 is 0. The Balaban J connectivity index is 0.00000206. The van der Waals surface area contributed by atoms with E-state index < -0.39 is 18.9 Å². The molecule has 0 amide bonds. The third kappa shape index (κ3) is 13.2. The first kappa shape index (κ1) is 35.4. The minimum Gasteiger partial charge on any atom is -0.407 e. The van der Waals surface area contributed by atoms with Crippen LogP contribution in [0.5, 0.6) is 0 Å². The molecule has 0 saturated heterocycles. The molecule has 0 aliphatic rings. The van der Waals surface area contributed by atoms with Crippen molar-refractivity contribution in [3.05, 3.63) is 106 Å². The van der Waals surface area contributed by atoms with Gasteiger partial charge in [0, 0.05) is 11.1 Å². The van der Waals surface area contributed by atoms with E-state index in [1.165, 1.54) is 13.8 Å². The zero-order valence-electron chi connectivity index (χ0n) is 24.8. The monoisotopic (exact) mass is 574 g/mol. The number of halogens is 2. The number of nitrogens with two attached hydrogens (primary N) is 1. The Kier molecular flexibility index (Phi) is 15.8. The van der Waals surface area contributed by atoms with Crippen molar-refractivity contribution in [3.63, 3.8) is 0 Å². The van der Waals surface area contributed by atoms with Gasteiger partial charge in [-0.05, 0) is 99.2 Å². The molecule has 0 fully saturated rings. The van der Waals surface area contributed by atoms with Crippen LogP contribution in [0.1, 0.15) is 69.3 Å². The summed E-state index contributed by atoms with van der Waals surface area (Å²) in [4.78, 5) is 0. The molecule has 0 aliphatic carbocycles. The molecule has 222 valence electrons. The minimum atomic E-state index is -0.667. The molecule has 42 heavy (non-hydrogen) atoms. The first-order valence-corrected chi connectivity index (χ1v) is 13.5. The van der Waals surface area contributed by atoms with Crippen LogP contribution >= 0.6 is 0 Å². The lowest BCUT2D eigenvalue weighted by atomic mass is 9.94. The fraction of sp³-hybridized carbons (Fsp3) is 0.333. The fourth-order valence-electron chi connectivity index (χ4n) is 3.91. The smallest absolute Gasteiger partial charge is 0.285 e. The molecule has 2 atom stereocenters. The highest BCUT2D eigenvalue weighted by Crippen LogP contribution is 2.25. The molecule has 2 aromatic rings. The molecule has 7 nitrogen and oxygen atoms in total. The summed E-state index contributed by atoms with van der Waals surface area (Å²) in [6.07, 6.45) is 5.26. The van der Waals surface area contributed by atoms with E-state index in [9.17, 15) is 19.3 Å². The molecular formula is C33H40F2N6O. The number of ether oxygens (including phenoxy) is 1. The Morgan fingerprint density at radius 2 is 1.69 bits per heavy atom. The van der Waals surface area contributed by atoms with Gasteiger partial charge in [0.25, 0.3) is 6.02 Å². The van der Waals surface area contributed by atoms with Crippen LogP contribution < -0.4 is 11.1 Å². The van der Waals surface area contributed by atoms with Crippen molar-refractivity contribution in [2.75, 3.05) is 13.2 Å². The largest absolute Gasteiger partial charge is 0.407 e. The van der Waals surface area contributed by atoms with Crippen LogP contribution in [0.15, 0.2) is 83.5 Å². The molecule has 0 aromatic heterocycles. The average Bonchev–Trinajstić information content (AvgIpc) is 2.95. The van der Waals surface area contributed by atoms with Crippen LogP contribution in [0.25, 0.3) is 0 Å². The number of hydrogen-bond donors (Lipinski definition) is 4. The molecular weight excluding hydrogens is 534 g/mol. The average molecular weight is 575 g/mol. The first-order chi connectivity index (χ1) is 19.9. The van der Waals surface area contributed by atoms with Gasteiger partial charge in [-0.3, -0.25) is 10.8 Å². The van der Waals surface area contributed by atoms with Gasteiger partial charge in [0.2, 0.25) is 5.90 Å². The van der Waals surface area contributed by atoms with Crippen LogP contribution in [0.2, 0.25) is 0 Å². The van der Waals surface area contributed by atoms with Crippen LogP contribution in [0.3, 0.4) is 0 Å². The Morgan fingerprint density at radius 3 is 2.21 bits per heavy atom. The number of benzene rings is 2. The third-order valence-electron chi connectivity index (χ3n) is 5.80. The maximum absolute atomic E-state index is 13.3. The van der Waals surface area contributed by atoms with Gasteiger partial charge in [-0.1, -0.05) is 43.3 Å². The zero-order valence-corrected chi connectivity index (χ0v) is 24.8. The maximum atomic E-state index is 13.3. The van der Waals surface area contributed by atoms with Crippen molar-refractivity contribution in [2.24, 2.45) is 11.7 Å². The van der Waals surface area contributed by atoms with Gasteiger partial charge in [0.05, 0.1) is 29.9 Å². The minimum absolute atomic E-state index is 0.130. The normalized spacial score (nSPS) is 13.2. The van der Waals surface area contributed by atoms with Gasteiger partial charge in [0.15, 0.2) is 0 Å². The summed E-state index contributed by atoms with van der Waals surface area (Å²) in [5.74, 6) is -0.0986. The summed E-state index contributed by atoms with van der Waals surface area (Å²) in [7, 11) is 0. The van der Waals surface area contributed by atoms with E-state index in [0.29, 0.717) is 35.2 Å². The topological polar surface area (TPSA) is 143 Å². The molecule has 9 heteroatoms. The predicted molar refractivity (Wildman–Crippen MR) is 164 cm³/mol. The summed E-state index contributed by atoms with van der Waals surface area (Å²) in [5, 5.41) is 37.4. The lowest BCUT2D eigenvalue weighted by Crippen LogP contribution is -2.28. The first-order valence-electron chi connectivity index (χ1n) is 13.5. The van der Waals surface area contributed by atoms with E-state index in [0.717, 1.165) is 16.7 Å². The van der Waals surface area contributed by atoms with Crippen molar-refractivity contribution in [1.29, 1.82) is 21.3 Å². The second-order valence-corrected chi connectivity index (χ2v) is 9.97. The maximum Gasteiger partial charge on any atom is 0.285 e. The van der Waals surface area contributed by atoms with Crippen molar-refractivity contribution < 1.29 is 13.5 Å². The second-order valence-electron chi connectivity index (χ2n) is 9.97. The highest BCUT2D eigenvalue weighted by atomic mass is 19.1. The van der Waals surface area contributed by atoms with Gasteiger partial charge in [-0.25, -0.2) is 8.78 Å². The third-order valence-corrected chi connectivity index (χ3v) is 5.80. The number of amidine groups is 1. The highest BCUT2D eigenvalue weighted by molar-refractivity contribution is 5.98. The van der Waals surface area contributed by atoms with Gasteiger partial charge >= 0.3 is 0 Å². The van der Waals surface area contributed by atoms with E-state index in [1.807, 2.05) is 18.2 Å². The predicted octanol–water partition coefficient (Wildman–Crippen LogP) is 7.18. The lowest BCUT2D eigenvalue weighted by Gasteiger charge is -2.23. The van der Waals surface area contributed by atoms with E-state index in [2.05, 4.69) is 24.4 Å². The number of nitrogens with zero attached hydrogens (tertiary/aromatic N) is 2. The van der Waals surface area contributed by atoms with E-state index in [1.54, 1.807) is 62.4 Å². The van der Waals surface area contributed by atoms with Crippen molar-refractivity contribution in [3.8, 4) is 12.1 Å². The lowest BCUT2D eigenvalue weighted by molar-refractivity contribution is 0.391. The highest BCUT2D eigenvalue weighted by Gasteiger charge is 2.18.